The first-order chi connectivity index (χ1) is 12.1. The summed E-state index contributed by atoms with van der Waals surface area (Å²) in [6, 6.07) is 9.63. The van der Waals surface area contributed by atoms with Crippen LogP contribution in [0.2, 0.25) is 0 Å². The Morgan fingerprint density at radius 1 is 1.08 bits per heavy atom. The normalized spacial score (nSPS) is 11.8. The smallest absolute Gasteiger partial charge is 0.378 e. The Bertz CT molecular complexity index is 932. The number of halogens is 3. The van der Waals surface area contributed by atoms with Gasteiger partial charge in [-0.3, -0.25) is 0 Å². The van der Waals surface area contributed by atoms with E-state index < -0.39 is 12.0 Å². The van der Waals surface area contributed by atoms with Gasteiger partial charge in [0.25, 0.3) is 11.6 Å². The van der Waals surface area contributed by atoms with Gasteiger partial charge in [0, 0.05) is 45.1 Å². The Labute approximate surface area is 148 Å². The molecule has 9 heteroatoms. The first kappa shape index (κ1) is 18.0. The Kier molecular flexibility index (Phi) is 4.47. The van der Waals surface area contributed by atoms with Gasteiger partial charge < -0.3 is 9.80 Å². The van der Waals surface area contributed by atoms with Gasteiger partial charge in [-0.25, -0.2) is 4.98 Å². The van der Waals surface area contributed by atoms with Crippen LogP contribution in [-0.2, 0) is 12.7 Å². The summed E-state index contributed by atoms with van der Waals surface area (Å²) < 4.78 is 40.0. The van der Waals surface area contributed by atoms with Gasteiger partial charge >= 0.3 is 6.18 Å². The summed E-state index contributed by atoms with van der Waals surface area (Å²) in [6.07, 6.45) is -4.61. The number of aryl methyl sites for hydroxylation is 1. The van der Waals surface area contributed by atoms with E-state index in [4.69, 9.17) is 0 Å². The standard InChI is InChI=1S/C17H19F3N6/c1-11-8-14(26-16(21-11)22-15(23-26)17(18,19)20)25(4)10-12-6-5-7-13(9-12)24(2)3/h5-9H,10H2,1-4H3. The van der Waals surface area contributed by atoms with Gasteiger partial charge in [0.05, 0.1) is 0 Å². The van der Waals surface area contributed by atoms with Gasteiger partial charge in [-0.15, -0.1) is 5.10 Å². The molecule has 0 unspecified atom stereocenters. The maximum Gasteiger partial charge on any atom is 0.453 e. The van der Waals surface area contributed by atoms with Crippen molar-refractivity contribution in [2.24, 2.45) is 0 Å². The molecule has 0 amide bonds. The zero-order valence-corrected chi connectivity index (χ0v) is 14.9. The van der Waals surface area contributed by atoms with Crippen LogP contribution < -0.4 is 9.80 Å². The molecule has 0 aliphatic heterocycles. The molecule has 0 bridgehead atoms. The third-order valence-electron chi connectivity index (χ3n) is 3.91. The molecule has 138 valence electrons. The molecule has 6 nitrogen and oxygen atoms in total. The highest BCUT2D eigenvalue weighted by atomic mass is 19.4. The van der Waals surface area contributed by atoms with Crippen LogP contribution in [0.25, 0.3) is 5.78 Å². The number of rotatable bonds is 4. The van der Waals surface area contributed by atoms with E-state index in [9.17, 15) is 13.2 Å². The predicted molar refractivity (Wildman–Crippen MR) is 93.4 cm³/mol. The monoisotopic (exact) mass is 364 g/mol. The summed E-state index contributed by atoms with van der Waals surface area (Å²) in [4.78, 5) is 11.4. The lowest BCUT2D eigenvalue weighted by atomic mass is 10.2. The van der Waals surface area contributed by atoms with Crippen LogP contribution in [0.1, 0.15) is 17.1 Å². The fourth-order valence-corrected chi connectivity index (χ4v) is 2.65. The Morgan fingerprint density at radius 2 is 1.81 bits per heavy atom. The van der Waals surface area contributed by atoms with E-state index in [1.807, 2.05) is 48.2 Å². The zero-order valence-electron chi connectivity index (χ0n) is 14.9. The molecule has 0 aliphatic rings. The lowest BCUT2D eigenvalue weighted by molar-refractivity contribution is -0.144. The van der Waals surface area contributed by atoms with Crippen LogP contribution in [0, 0.1) is 6.92 Å². The molecule has 0 spiro atoms. The lowest BCUT2D eigenvalue weighted by Gasteiger charge is -2.21. The predicted octanol–water partition coefficient (Wildman–Crippen LogP) is 3.15. The van der Waals surface area contributed by atoms with E-state index >= 15 is 0 Å². The number of anilines is 2. The third-order valence-corrected chi connectivity index (χ3v) is 3.91. The number of hydrogen-bond acceptors (Lipinski definition) is 5. The molecular weight excluding hydrogens is 345 g/mol. The molecule has 2 heterocycles. The van der Waals surface area contributed by atoms with Crippen molar-refractivity contribution in [1.82, 2.24) is 19.6 Å². The fraction of sp³-hybridized carbons (Fsp3) is 0.353. The van der Waals surface area contributed by atoms with E-state index in [1.54, 1.807) is 20.0 Å². The maximum atomic E-state index is 12.9. The topological polar surface area (TPSA) is 49.6 Å². The molecule has 0 N–H and O–H groups in total. The van der Waals surface area contributed by atoms with Crippen LogP contribution in [-0.4, -0.2) is 40.7 Å². The second-order valence-electron chi connectivity index (χ2n) is 6.32. The van der Waals surface area contributed by atoms with Crippen molar-refractivity contribution in [3.63, 3.8) is 0 Å². The second kappa shape index (κ2) is 6.47. The fourth-order valence-electron chi connectivity index (χ4n) is 2.65. The highest BCUT2D eigenvalue weighted by molar-refractivity contribution is 5.50. The number of nitrogens with zero attached hydrogens (tertiary/aromatic N) is 6. The van der Waals surface area contributed by atoms with Gasteiger partial charge in [0.2, 0.25) is 0 Å². The van der Waals surface area contributed by atoms with Gasteiger partial charge in [0.15, 0.2) is 0 Å². The van der Waals surface area contributed by atoms with Crippen LogP contribution >= 0.6 is 0 Å². The second-order valence-corrected chi connectivity index (χ2v) is 6.32. The average molecular weight is 364 g/mol. The molecule has 0 saturated heterocycles. The van der Waals surface area contributed by atoms with E-state index in [0.717, 1.165) is 15.8 Å². The number of aromatic nitrogens is 4. The maximum absolute atomic E-state index is 12.9. The Morgan fingerprint density at radius 3 is 2.46 bits per heavy atom. The molecule has 0 fully saturated rings. The molecule has 26 heavy (non-hydrogen) atoms. The van der Waals surface area contributed by atoms with Crippen LogP contribution in [0.15, 0.2) is 30.3 Å². The summed E-state index contributed by atoms with van der Waals surface area (Å²) in [5.74, 6) is -0.771. The quantitative estimate of drug-likeness (QED) is 0.712. The van der Waals surface area contributed by atoms with Gasteiger partial charge in [-0.1, -0.05) is 12.1 Å². The van der Waals surface area contributed by atoms with Crippen molar-refractivity contribution in [3.8, 4) is 0 Å². The minimum atomic E-state index is -4.61. The third kappa shape index (κ3) is 3.56. The number of alkyl halides is 3. The van der Waals surface area contributed by atoms with E-state index in [2.05, 4.69) is 15.1 Å². The summed E-state index contributed by atoms with van der Waals surface area (Å²) in [5.41, 5.74) is 2.65. The highest BCUT2D eigenvalue weighted by Crippen LogP contribution is 2.28. The van der Waals surface area contributed by atoms with Gasteiger partial charge in [-0.2, -0.15) is 22.7 Å². The van der Waals surface area contributed by atoms with E-state index in [0.29, 0.717) is 18.1 Å². The van der Waals surface area contributed by atoms with Crippen molar-refractivity contribution < 1.29 is 13.2 Å². The molecule has 3 aromatic rings. The molecule has 1 aromatic carbocycles. The van der Waals surface area contributed by atoms with Crippen molar-refractivity contribution in [2.75, 3.05) is 30.9 Å². The van der Waals surface area contributed by atoms with Gasteiger partial charge in [-0.05, 0) is 24.6 Å². The summed E-state index contributed by atoms with van der Waals surface area (Å²) >= 11 is 0. The number of benzene rings is 1. The largest absolute Gasteiger partial charge is 0.453 e. The number of fused-ring (bicyclic) bond motifs is 1. The summed E-state index contributed by atoms with van der Waals surface area (Å²) in [7, 11) is 5.70. The first-order valence-electron chi connectivity index (χ1n) is 7.94. The SMILES string of the molecule is Cc1cc(N(C)Cc2cccc(N(C)C)c2)n2nc(C(F)(F)F)nc2n1. The van der Waals surface area contributed by atoms with E-state index in [-0.39, 0.29) is 5.78 Å². The van der Waals surface area contributed by atoms with Crippen LogP contribution in [0.3, 0.4) is 0 Å². The van der Waals surface area contributed by atoms with Crippen molar-refractivity contribution in [1.29, 1.82) is 0 Å². The molecule has 2 aromatic heterocycles. The van der Waals surface area contributed by atoms with Crippen molar-refractivity contribution in [2.45, 2.75) is 19.6 Å². The Hall–Kier alpha value is -2.84. The van der Waals surface area contributed by atoms with Crippen molar-refractivity contribution >= 4 is 17.3 Å². The molecule has 0 aliphatic carbocycles. The first-order valence-corrected chi connectivity index (χ1v) is 7.94. The minimum Gasteiger partial charge on any atom is -0.378 e. The molecule has 0 atom stereocenters. The zero-order chi connectivity index (χ0) is 19.1. The molecule has 3 rings (SSSR count). The number of hydrogen-bond donors (Lipinski definition) is 0. The van der Waals surface area contributed by atoms with E-state index in [1.165, 1.54) is 0 Å². The molecule has 0 radical (unpaired) electrons. The average Bonchev–Trinajstić information content (AvgIpc) is 2.98. The summed E-state index contributed by atoms with van der Waals surface area (Å²) in [6.45, 7) is 2.22. The van der Waals surface area contributed by atoms with Gasteiger partial charge in [0.1, 0.15) is 5.82 Å². The molecular formula is C17H19F3N6. The van der Waals surface area contributed by atoms with Crippen LogP contribution in [0.5, 0.6) is 0 Å². The Balaban J connectivity index is 1.98. The summed E-state index contributed by atoms with van der Waals surface area (Å²) in [5, 5.41) is 3.60. The highest BCUT2D eigenvalue weighted by Gasteiger charge is 2.37. The van der Waals surface area contributed by atoms with Crippen LogP contribution in [0.4, 0.5) is 24.7 Å². The molecule has 0 saturated carbocycles. The minimum absolute atomic E-state index is 0.0683. The lowest BCUT2D eigenvalue weighted by Crippen LogP contribution is -2.21. The van der Waals surface area contributed by atoms with Crippen molar-refractivity contribution in [3.05, 3.63) is 47.4 Å².